The fourth-order valence-electron chi connectivity index (χ4n) is 2.60. The molecule has 2 aromatic rings. The van der Waals surface area contributed by atoms with Gasteiger partial charge in [0.2, 0.25) is 0 Å². The van der Waals surface area contributed by atoms with Gasteiger partial charge in [-0.1, -0.05) is 48.5 Å². The maximum absolute atomic E-state index is 4.30. The van der Waals surface area contributed by atoms with E-state index in [0.717, 1.165) is 12.8 Å². The summed E-state index contributed by atoms with van der Waals surface area (Å²) in [5.74, 6) is 0. The quantitative estimate of drug-likeness (QED) is 0.625. The topological polar surface area (TPSA) is 27.6 Å². The molecule has 0 spiro atoms. The standard InChI is InChI=1S/C15H15N.ClH/c16-15-10-12-6-2-1-5-11(12)9-13-7-3-4-8-14(13)15;/h1-8,15H,9-10,16H2;1H. The molecule has 0 bridgehead atoms. The Morgan fingerprint density at radius 3 is 2.18 bits per heavy atom. The lowest BCUT2D eigenvalue weighted by molar-refractivity contribution is -0.426. The average molecular weight is 246 g/mol. The number of quaternary nitrogens is 1. The third-order valence-corrected chi connectivity index (χ3v) is 3.46. The highest BCUT2D eigenvalue weighted by atomic mass is 35.5. The Morgan fingerprint density at radius 2 is 1.41 bits per heavy atom. The second kappa shape index (κ2) is 4.91. The molecule has 2 aromatic carbocycles. The monoisotopic (exact) mass is 245 g/mol. The SMILES string of the molecule is [Cl-].[NH3+]C1Cc2ccccc2Cc2ccccc21. The summed E-state index contributed by atoms with van der Waals surface area (Å²) in [7, 11) is 0. The fraction of sp³-hybridized carbons (Fsp3) is 0.200. The number of fused-ring (bicyclic) bond motifs is 2. The fourth-order valence-corrected chi connectivity index (χ4v) is 2.60. The van der Waals surface area contributed by atoms with Crippen molar-refractivity contribution in [2.75, 3.05) is 0 Å². The molecule has 3 N–H and O–H groups in total. The van der Waals surface area contributed by atoms with E-state index >= 15 is 0 Å². The molecule has 3 rings (SSSR count). The van der Waals surface area contributed by atoms with Gasteiger partial charge in [-0.25, -0.2) is 0 Å². The summed E-state index contributed by atoms with van der Waals surface area (Å²) in [6.45, 7) is 0. The van der Waals surface area contributed by atoms with Crippen LogP contribution in [0.5, 0.6) is 0 Å². The Hall–Kier alpha value is -1.31. The van der Waals surface area contributed by atoms with Gasteiger partial charge in [0.05, 0.1) is 0 Å². The molecule has 1 nitrogen and oxygen atoms in total. The van der Waals surface area contributed by atoms with Gasteiger partial charge in [-0.15, -0.1) is 0 Å². The van der Waals surface area contributed by atoms with Gasteiger partial charge in [0.15, 0.2) is 0 Å². The predicted octanol–water partition coefficient (Wildman–Crippen LogP) is -0.879. The van der Waals surface area contributed by atoms with Crippen molar-refractivity contribution >= 4 is 0 Å². The third-order valence-electron chi connectivity index (χ3n) is 3.46. The van der Waals surface area contributed by atoms with E-state index in [1.807, 2.05) is 0 Å². The zero-order chi connectivity index (χ0) is 11.0. The van der Waals surface area contributed by atoms with E-state index in [2.05, 4.69) is 54.3 Å². The molecule has 0 radical (unpaired) electrons. The minimum absolute atomic E-state index is 0. The molecule has 1 aliphatic rings. The van der Waals surface area contributed by atoms with Gasteiger partial charge in [0, 0.05) is 12.0 Å². The van der Waals surface area contributed by atoms with Crippen molar-refractivity contribution in [2.45, 2.75) is 18.9 Å². The summed E-state index contributed by atoms with van der Waals surface area (Å²) in [5.41, 5.74) is 10.1. The van der Waals surface area contributed by atoms with Crippen molar-refractivity contribution < 1.29 is 18.1 Å². The van der Waals surface area contributed by atoms with Crippen LogP contribution in [0.15, 0.2) is 48.5 Å². The molecule has 0 saturated carbocycles. The Labute approximate surface area is 108 Å². The number of benzene rings is 2. The second-order valence-electron chi connectivity index (χ2n) is 4.55. The van der Waals surface area contributed by atoms with Gasteiger partial charge < -0.3 is 18.1 Å². The molecule has 0 fully saturated rings. The highest BCUT2D eigenvalue weighted by molar-refractivity contribution is 5.41. The Kier molecular flexibility index (Phi) is 3.51. The van der Waals surface area contributed by atoms with Gasteiger partial charge in [0.25, 0.3) is 0 Å². The van der Waals surface area contributed by atoms with E-state index in [1.165, 1.54) is 22.3 Å². The van der Waals surface area contributed by atoms with Crippen LogP contribution in [0.4, 0.5) is 0 Å². The van der Waals surface area contributed by atoms with Crippen LogP contribution in [0.3, 0.4) is 0 Å². The molecule has 0 aliphatic heterocycles. The Balaban J connectivity index is 0.00000108. The first-order valence-corrected chi connectivity index (χ1v) is 5.82. The van der Waals surface area contributed by atoms with Gasteiger partial charge in [-0.05, 0) is 23.1 Å². The van der Waals surface area contributed by atoms with Crippen LogP contribution in [0.25, 0.3) is 0 Å². The third kappa shape index (κ3) is 2.21. The molecular formula is C15H16ClN. The Bertz CT molecular complexity index is 522. The molecule has 1 unspecified atom stereocenters. The zero-order valence-corrected chi connectivity index (χ0v) is 10.5. The highest BCUT2D eigenvalue weighted by Crippen LogP contribution is 2.27. The van der Waals surface area contributed by atoms with Crippen LogP contribution in [-0.2, 0) is 12.8 Å². The molecular weight excluding hydrogens is 230 g/mol. The smallest absolute Gasteiger partial charge is 0.114 e. The van der Waals surface area contributed by atoms with E-state index in [-0.39, 0.29) is 12.4 Å². The molecule has 2 heteroatoms. The molecule has 88 valence electrons. The number of hydrogen-bond acceptors (Lipinski definition) is 0. The lowest BCUT2D eigenvalue weighted by atomic mass is 9.99. The minimum Gasteiger partial charge on any atom is -1.00 e. The summed E-state index contributed by atoms with van der Waals surface area (Å²) in [6.07, 6.45) is 2.12. The largest absolute Gasteiger partial charge is 1.00 e. The van der Waals surface area contributed by atoms with Crippen LogP contribution >= 0.6 is 0 Å². The number of halogens is 1. The van der Waals surface area contributed by atoms with E-state index in [1.54, 1.807) is 0 Å². The maximum atomic E-state index is 4.30. The van der Waals surface area contributed by atoms with E-state index in [4.69, 9.17) is 0 Å². The maximum Gasteiger partial charge on any atom is 0.114 e. The lowest BCUT2D eigenvalue weighted by Crippen LogP contribution is -3.00. The van der Waals surface area contributed by atoms with E-state index in [0.29, 0.717) is 6.04 Å². The summed E-state index contributed by atoms with van der Waals surface area (Å²) < 4.78 is 0. The van der Waals surface area contributed by atoms with Crippen molar-refractivity contribution in [3.05, 3.63) is 70.8 Å². The van der Waals surface area contributed by atoms with Gasteiger partial charge in [0.1, 0.15) is 6.04 Å². The predicted molar refractivity (Wildman–Crippen MR) is 65.0 cm³/mol. The summed E-state index contributed by atoms with van der Waals surface area (Å²) in [6, 6.07) is 17.8. The van der Waals surface area contributed by atoms with Crippen LogP contribution in [0.1, 0.15) is 28.3 Å². The minimum atomic E-state index is 0. The highest BCUT2D eigenvalue weighted by Gasteiger charge is 2.20. The lowest BCUT2D eigenvalue weighted by Gasteiger charge is -2.08. The number of hydrogen-bond donors (Lipinski definition) is 1. The summed E-state index contributed by atoms with van der Waals surface area (Å²) in [4.78, 5) is 0. The van der Waals surface area contributed by atoms with Crippen molar-refractivity contribution in [1.82, 2.24) is 0 Å². The molecule has 0 saturated heterocycles. The van der Waals surface area contributed by atoms with Crippen molar-refractivity contribution in [1.29, 1.82) is 0 Å². The van der Waals surface area contributed by atoms with Crippen molar-refractivity contribution in [2.24, 2.45) is 0 Å². The normalized spacial score (nSPS) is 17.4. The van der Waals surface area contributed by atoms with Crippen LogP contribution in [0, 0.1) is 0 Å². The molecule has 0 heterocycles. The molecule has 1 aliphatic carbocycles. The first-order valence-electron chi connectivity index (χ1n) is 5.82. The van der Waals surface area contributed by atoms with Gasteiger partial charge in [-0.3, -0.25) is 0 Å². The van der Waals surface area contributed by atoms with Gasteiger partial charge in [-0.2, -0.15) is 0 Å². The van der Waals surface area contributed by atoms with Crippen molar-refractivity contribution in [3.63, 3.8) is 0 Å². The van der Waals surface area contributed by atoms with Crippen LogP contribution in [0.2, 0.25) is 0 Å². The average Bonchev–Trinajstić information content (AvgIpc) is 2.45. The number of rotatable bonds is 0. The Morgan fingerprint density at radius 1 is 0.824 bits per heavy atom. The summed E-state index contributed by atoms with van der Waals surface area (Å²) in [5, 5.41) is 0. The molecule has 17 heavy (non-hydrogen) atoms. The molecule has 0 amide bonds. The molecule has 0 aromatic heterocycles. The molecule has 1 atom stereocenters. The van der Waals surface area contributed by atoms with E-state index in [9.17, 15) is 0 Å². The van der Waals surface area contributed by atoms with Crippen molar-refractivity contribution in [3.8, 4) is 0 Å². The van der Waals surface area contributed by atoms with Crippen LogP contribution in [-0.4, -0.2) is 0 Å². The first-order chi connectivity index (χ1) is 7.84. The van der Waals surface area contributed by atoms with E-state index < -0.39 is 0 Å². The van der Waals surface area contributed by atoms with Gasteiger partial charge >= 0.3 is 0 Å². The zero-order valence-electron chi connectivity index (χ0n) is 9.70. The van der Waals surface area contributed by atoms with Crippen LogP contribution < -0.4 is 18.1 Å². The first kappa shape index (κ1) is 12.2. The second-order valence-corrected chi connectivity index (χ2v) is 4.55. The summed E-state index contributed by atoms with van der Waals surface area (Å²) >= 11 is 0.